The summed E-state index contributed by atoms with van der Waals surface area (Å²) in [6.45, 7) is 4.23. The molecule has 1 aromatic rings. The maximum atomic E-state index is 10.6. The molecule has 1 aromatic carbocycles. The highest BCUT2D eigenvalue weighted by atomic mass is 16.3. The number of benzene rings is 1. The Kier molecular flexibility index (Phi) is 2.36. The molecule has 1 aliphatic rings. The Balaban J connectivity index is 2.43. The third kappa shape index (κ3) is 1.36. The third-order valence-electron chi connectivity index (χ3n) is 3.62. The summed E-state index contributed by atoms with van der Waals surface area (Å²) >= 11 is 0. The van der Waals surface area contributed by atoms with E-state index in [1.807, 2.05) is 12.1 Å². The van der Waals surface area contributed by atoms with Gasteiger partial charge >= 0.3 is 0 Å². The minimum Gasteiger partial charge on any atom is -0.385 e. The Morgan fingerprint density at radius 3 is 2.64 bits per heavy atom. The van der Waals surface area contributed by atoms with E-state index in [1.165, 1.54) is 5.56 Å². The molecule has 14 heavy (non-hydrogen) atoms. The molecule has 76 valence electrons. The summed E-state index contributed by atoms with van der Waals surface area (Å²) < 4.78 is 0. The van der Waals surface area contributed by atoms with Crippen molar-refractivity contribution >= 4 is 0 Å². The van der Waals surface area contributed by atoms with Gasteiger partial charge in [0.2, 0.25) is 0 Å². The topological polar surface area (TPSA) is 20.2 Å². The van der Waals surface area contributed by atoms with Gasteiger partial charge in [-0.2, -0.15) is 0 Å². The summed E-state index contributed by atoms with van der Waals surface area (Å²) in [5, 5.41) is 10.6. The van der Waals surface area contributed by atoms with Crippen molar-refractivity contribution < 1.29 is 5.11 Å². The molecule has 0 amide bonds. The lowest BCUT2D eigenvalue weighted by Crippen LogP contribution is -2.29. The van der Waals surface area contributed by atoms with Crippen molar-refractivity contribution in [3.8, 4) is 0 Å². The van der Waals surface area contributed by atoms with Gasteiger partial charge in [-0.25, -0.2) is 0 Å². The van der Waals surface area contributed by atoms with Crippen molar-refractivity contribution in [3.05, 3.63) is 35.4 Å². The van der Waals surface area contributed by atoms with E-state index in [9.17, 15) is 5.11 Å². The van der Waals surface area contributed by atoms with Crippen molar-refractivity contribution in [1.29, 1.82) is 0 Å². The lowest BCUT2D eigenvalue weighted by atomic mass is 9.83. The first-order chi connectivity index (χ1) is 6.64. The molecule has 1 fully saturated rings. The summed E-state index contributed by atoms with van der Waals surface area (Å²) in [6.07, 6.45) is 3.20. The van der Waals surface area contributed by atoms with Crippen molar-refractivity contribution in [1.82, 2.24) is 0 Å². The smallest absolute Gasteiger partial charge is 0.0924 e. The molecule has 1 nitrogen and oxygen atoms in total. The minimum atomic E-state index is -0.564. The molecule has 0 spiro atoms. The normalized spacial score (nSPS) is 32.1. The fraction of sp³-hybridized carbons (Fsp3) is 0.538. The third-order valence-corrected chi connectivity index (χ3v) is 3.62. The van der Waals surface area contributed by atoms with Crippen LogP contribution in [-0.2, 0) is 5.60 Å². The molecule has 2 rings (SSSR count). The van der Waals surface area contributed by atoms with Crippen molar-refractivity contribution in [3.63, 3.8) is 0 Å². The second-order valence-corrected chi connectivity index (χ2v) is 4.53. The van der Waals surface area contributed by atoms with Gasteiger partial charge < -0.3 is 5.11 Å². The summed E-state index contributed by atoms with van der Waals surface area (Å²) in [5.41, 5.74) is 1.78. The molecule has 0 saturated heterocycles. The van der Waals surface area contributed by atoms with E-state index in [2.05, 4.69) is 26.0 Å². The van der Waals surface area contributed by atoms with E-state index in [1.54, 1.807) is 0 Å². The Hall–Kier alpha value is -0.820. The van der Waals surface area contributed by atoms with E-state index in [0.717, 1.165) is 24.8 Å². The van der Waals surface area contributed by atoms with E-state index >= 15 is 0 Å². The van der Waals surface area contributed by atoms with Crippen LogP contribution in [0.1, 0.15) is 37.3 Å². The summed E-state index contributed by atoms with van der Waals surface area (Å²) in [5.74, 6) is 0.392. The predicted molar refractivity (Wildman–Crippen MR) is 58.1 cm³/mol. The van der Waals surface area contributed by atoms with Gasteiger partial charge in [0.05, 0.1) is 5.60 Å². The molecular formula is C13H18O. The summed E-state index contributed by atoms with van der Waals surface area (Å²) in [4.78, 5) is 0. The van der Waals surface area contributed by atoms with Gasteiger partial charge in [0, 0.05) is 0 Å². The molecule has 0 bridgehead atoms. The maximum absolute atomic E-state index is 10.6. The molecule has 1 aliphatic carbocycles. The summed E-state index contributed by atoms with van der Waals surface area (Å²) in [6, 6.07) is 8.20. The van der Waals surface area contributed by atoms with Crippen LogP contribution in [0.15, 0.2) is 24.3 Å². The molecular weight excluding hydrogens is 172 g/mol. The predicted octanol–water partition coefficient (Wildman–Crippen LogP) is 3.00. The van der Waals surface area contributed by atoms with Gasteiger partial charge in [-0.15, -0.1) is 0 Å². The highest BCUT2D eigenvalue weighted by molar-refractivity contribution is 5.32. The standard InChI is InChI=1S/C13H18O/c1-10-6-3-4-8-12(10)13(14)9-5-7-11(13)2/h3-4,6,8,11,14H,5,7,9H2,1-2H3/t11-,13-/m1/s1. The fourth-order valence-corrected chi connectivity index (χ4v) is 2.62. The summed E-state index contributed by atoms with van der Waals surface area (Å²) in [7, 11) is 0. The second-order valence-electron chi connectivity index (χ2n) is 4.53. The Labute approximate surface area is 85.8 Å². The van der Waals surface area contributed by atoms with Crippen LogP contribution in [-0.4, -0.2) is 5.11 Å². The average Bonchev–Trinajstić information content (AvgIpc) is 2.49. The maximum Gasteiger partial charge on any atom is 0.0924 e. The van der Waals surface area contributed by atoms with Crippen molar-refractivity contribution in [2.45, 2.75) is 38.7 Å². The van der Waals surface area contributed by atoms with E-state index in [0.29, 0.717) is 5.92 Å². The van der Waals surface area contributed by atoms with Crippen molar-refractivity contribution in [2.75, 3.05) is 0 Å². The molecule has 1 heteroatoms. The number of rotatable bonds is 1. The first kappa shape index (κ1) is 9.72. The second kappa shape index (κ2) is 3.39. The molecule has 0 aliphatic heterocycles. The zero-order valence-electron chi connectivity index (χ0n) is 8.96. The van der Waals surface area contributed by atoms with Gasteiger partial charge in [-0.05, 0) is 43.2 Å². The van der Waals surface area contributed by atoms with Crippen LogP contribution in [0.4, 0.5) is 0 Å². The Bertz CT molecular complexity index is 332. The van der Waals surface area contributed by atoms with Gasteiger partial charge in [-0.3, -0.25) is 0 Å². The van der Waals surface area contributed by atoms with Gasteiger partial charge in [-0.1, -0.05) is 31.2 Å². The quantitative estimate of drug-likeness (QED) is 0.721. The van der Waals surface area contributed by atoms with Crippen LogP contribution >= 0.6 is 0 Å². The highest BCUT2D eigenvalue weighted by Gasteiger charge is 2.40. The first-order valence-corrected chi connectivity index (χ1v) is 5.43. The Morgan fingerprint density at radius 1 is 1.36 bits per heavy atom. The minimum absolute atomic E-state index is 0.392. The van der Waals surface area contributed by atoms with Gasteiger partial charge in [0.1, 0.15) is 0 Å². The average molecular weight is 190 g/mol. The number of aliphatic hydroxyl groups is 1. The monoisotopic (exact) mass is 190 g/mol. The molecule has 0 heterocycles. The molecule has 2 atom stereocenters. The van der Waals surface area contributed by atoms with Crippen LogP contribution in [0.5, 0.6) is 0 Å². The number of hydrogen-bond acceptors (Lipinski definition) is 1. The largest absolute Gasteiger partial charge is 0.385 e. The first-order valence-electron chi connectivity index (χ1n) is 5.43. The van der Waals surface area contributed by atoms with Crippen LogP contribution in [0.3, 0.4) is 0 Å². The van der Waals surface area contributed by atoms with Gasteiger partial charge in [0.15, 0.2) is 0 Å². The molecule has 1 saturated carbocycles. The van der Waals surface area contributed by atoms with Crippen molar-refractivity contribution in [2.24, 2.45) is 5.92 Å². The zero-order valence-corrected chi connectivity index (χ0v) is 8.96. The lowest BCUT2D eigenvalue weighted by Gasteiger charge is -2.29. The lowest BCUT2D eigenvalue weighted by molar-refractivity contribution is 0.00391. The Morgan fingerprint density at radius 2 is 2.07 bits per heavy atom. The van der Waals surface area contributed by atoms with E-state index in [4.69, 9.17) is 0 Å². The molecule has 1 N–H and O–H groups in total. The number of hydrogen-bond donors (Lipinski definition) is 1. The van der Waals surface area contributed by atoms with Crippen LogP contribution < -0.4 is 0 Å². The highest BCUT2D eigenvalue weighted by Crippen LogP contribution is 2.44. The number of aryl methyl sites for hydroxylation is 1. The fourth-order valence-electron chi connectivity index (χ4n) is 2.62. The van der Waals surface area contributed by atoms with E-state index in [-0.39, 0.29) is 0 Å². The molecule has 0 aromatic heterocycles. The molecule has 0 unspecified atom stereocenters. The zero-order chi connectivity index (χ0) is 10.2. The van der Waals surface area contributed by atoms with Crippen LogP contribution in [0.25, 0.3) is 0 Å². The van der Waals surface area contributed by atoms with Gasteiger partial charge in [0.25, 0.3) is 0 Å². The van der Waals surface area contributed by atoms with Crippen LogP contribution in [0.2, 0.25) is 0 Å². The van der Waals surface area contributed by atoms with E-state index < -0.39 is 5.60 Å². The SMILES string of the molecule is Cc1ccccc1[C@@]1(O)CCC[C@H]1C. The van der Waals surface area contributed by atoms with Crippen LogP contribution in [0, 0.1) is 12.8 Å². The molecule has 0 radical (unpaired) electrons.